The molecule has 4 rings (SSSR count). The van der Waals surface area contributed by atoms with Gasteiger partial charge in [-0.2, -0.15) is 5.10 Å². The van der Waals surface area contributed by atoms with Gasteiger partial charge in [0.2, 0.25) is 5.91 Å². The zero-order chi connectivity index (χ0) is 19.7. The predicted octanol–water partition coefficient (Wildman–Crippen LogP) is 0.711. The molecule has 2 aliphatic heterocycles. The molecule has 0 fully saturated rings. The van der Waals surface area contributed by atoms with Crippen LogP contribution < -0.4 is 10.6 Å². The fraction of sp³-hybridized carbons (Fsp3) is 0.450. The lowest BCUT2D eigenvalue weighted by atomic mass is 9.95. The van der Waals surface area contributed by atoms with E-state index in [1.807, 2.05) is 27.8 Å². The molecular weight excluding hydrogens is 356 g/mol. The third kappa shape index (κ3) is 3.73. The highest BCUT2D eigenvalue weighted by Crippen LogP contribution is 2.17. The Hall–Kier alpha value is -2.87. The van der Waals surface area contributed by atoms with Gasteiger partial charge in [-0.1, -0.05) is 24.3 Å². The predicted molar refractivity (Wildman–Crippen MR) is 104 cm³/mol. The van der Waals surface area contributed by atoms with E-state index < -0.39 is 0 Å². The van der Waals surface area contributed by atoms with Crippen LogP contribution in [0.25, 0.3) is 0 Å². The highest BCUT2D eigenvalue weighted by atomic mass is 16.2. The third-order valence-electron chi connectivity index (χ3n) is 5.34. The van der Waals surface area contributed by atoms with Crippen LogP contribution in [0.15, 0.2) is 30.3 Å². The van der Waals surface area contributed by atoms with Crippen LogP contribution in [-0.2, 0) is 37.4 Å². The van der Waals surface area contributed by atoms with E-state index in [4.69, 9.17) is 0 Å². The molecule has 0 saturated carbocycles. The molecule has 0 spiro atoms. The van der Waals surface area contributed by atoms with Crippen molar-refractivity contribution in [3.63, 3.8) is 0 Å². The molecule has 28 heavy (non-hydrogen) atoms. The van der Waals surface area contributed by atoms with Gasteiger partial charge in [-0.3, -0.25) is 9.48 Å². The molecule has 0 radical (unpaired) electrons. The molecule has 0 unspecified atom stereocenters. The van der Waals surface area contributed by atoms with Crippen molar-refractivity contribution in [2.75, 3.05) is 20.6 Å². The highest BCUT2D eigenvalue weighted by molar-refractivity contribution is 5.82. The van der Waals surface area contributed by atoms with Gasteiger partial charge in [0.1, 0.15) is 0 Å². The average molecular weight is 382 g/mol. The summed E-state index contributed by atoms with van der Waals surface area (Å²) in [6, 6.07) is 9.97. The number of rotatable bonds is 3. The average Bonchev–Trinajstić information content (AvgIpc) is 3.13. The fourth-order valence-electron chi connectivity index (χ4n) is 3.80. The number of benzene rings is 1. The number of carbonyl (C=O) groups is 2. The van der Waals surface area contributed by atoms with Crippen LogP contribution in [0.3, 0.4) is 0 Å². The molecule has 2 aliphatic rings. The summed E-state index contributed by atoms with van der Waals surface area (Å²) in [7, 11) is 3.51. The Morgan fingerprint density at radius 3 is 2.82 bits per heavy atom. The normalized spacial score (nSPS) is 18.2. The monoisotopic (exact) mass is 382 g/mol. The lowest BCUT2D eigenvalue weighted by Crippen LogP contribution is -2.47. The van der Waals surface area contributed by atoms with Gasteiger partial charge >= 0.3 is 6.03 Å². The standard InChI is InChI=1S/C20H26N6O2/c1-24(2)20(28)25-7-8-26-17(13-25)10-16(23-26)12-22-19(27)18-9-14-5-3-4-6-15(14)11-21-18/h3-6,10,18,21H,7-9,11-13H2,1-2H3,(H,22,27)/t18-/m1/s1. The molecule has 0 saturated heterocycles. The molecule has 3 amide bonds. The van der Waals surface area contributed by atoms with Crippen LogP contribution in [-0.4, -0.2) is 58.2 Å². The minimum Gasteiger partial charge on any atom is -0.349 e. The maximum Gasteiger partial charge on any atom is 0.319 e. The second kappa shape index (κ2) is 7.63. The van der Waals surface area contributed by atoms with Crippen molar-refractivity contribution in [3.05, 3.63) is 52.8 Å². The number of hydrogen-bond acceptors (Lipinski definition) is 4. The number of nitrogens with one attached hydrogen (secondary N) is 2. The highest BCUT2D eigenvalue weighted by Gasteiger charge is 2.25. The second-order valence-corrected chi connectivity index (χ2v) is 7.57. The van der Waals surface area contributed by atoms with Gasteiger partial charge in [0.25, 0.3) is 0 Å². The van der Waals surface area contributed by atoms with E-state index >= 15 is 0 Å². The molecule has 3 heterocycles. The summed E-state index contributed by atoms with van der Waals surface area (Å²) in [6.45, 7) is 2.95. The maximum atomic E-state index is 12.6. The van der Waals surface area contributed by atoms with Crippen molar-refractivity contribution >= 4 is 11.9 Å². The topological polar surface area (TPSA) is 82.5 Å². The van der Waals surface area contributed by atoms with Gasteiger partial charge in [-0.15, -0.1) is 0 Å². The number of urea groups is 1. The van der Waals surface area contributed by atoms with Crippen molar-refractivity contribution in [1.29, 1.82) is 0 Å². The molecule has 2 N–H and O–H groups in total. The first-order chi connectivity index (χ1) is 13.5. The minimum absolute atomic E-state index is 0.00552. The van der Waals surface area contributed by atoms with Gasteiger partial charge < -0.3 is 20.4 Å². The number of amides is 3. The molecule has 1 aromatic heterocycles. The van der Waals surface area contributed by atoms with Crippen molar-refractivity contribution in [2.24, 2.45) is 0 Å². The van der Waals surface area contributed by atoms with Gasteiger partial charge in [0.15, 0.2) is 0 Å². The first kappa shape index (κ1) is 18.5. The first-order valence-electron chi connectivity index (χ1n) is 9.61. The molecule has 8 nitrogen and oxygen atoms in total. The van der Waals surface area contributed by atoms with Crippen LogP contribution in [0.5, 0.6) is 0 Å². The van der Waals surface area contributed by atoms with Gasteiger partial charge in [-0.25, -0.2) is 4.79 Å². The summed E-state index contributed by atoms with van der Waals surface area (Å²) in [6.07, 6.45) is 0.698. The fourth-order valence-corrected chi connectivity index (χ4v) is 3.80. The van der Waals surface area contributed by atoms with Crippen LogP contribution in [0, 0.1) is 0 Å². The van der Waals surface area contributed by atoms with E-state index in [0.717, 1.165) is 11.4 Å². The van der Waals surface area contributed by atoms with E-state index in [2.05, 4.69) is 27.9 Å². The quantitative estimate of drug-likeness (QED) is 0.819. The van der Waals surface area contributed by atoms with Crippen LogP contribution in [0.1, 0.15) is 22.5 Å². The second-order valence-electron chi connectivity index (χ2n) is 7.57. The van der Waals surface area contributed by atoms with Crippen molar-refractivity contribution in [2.45, 2.75) is 38.6 Å². The van der Waals surface area contributed by atoms with E-state index in [0.29, 0.717) is 39.1 Å². The Morgan fingerprint density at radius 1 is 1.25 bits per heavy atom. The molecule has 0 aliphatic carbocycles. The van der Waals surface area contributed by atoms with Crippen LogP contribution >= 0.6 is 0 Å². The summed E-state index contributed by atoms with van der Waals surface area (Å²) < 4.78 is 1.93. The minimum atomic E-state index is -0.222. The number of nitrogens with zero attached hydrogens (tertiary/aromatic N) is 4. The van der Waals surface area contributed by atoms with Crippen LogP contribution in [0.2, 0.25) is 0 Å². The molecule has 8 heteroatoms. The van der Waals surface area contributed by atoms with Crippen molar-refractivity contribution < 1.29 is 9.59 Å². The van der Waals surface area contributed by atoms with Gasteiger partial charge in [0, 0.05) is 27.2 Å². The Morgan fingerprint density at radius 2 is 2.04 bits per heavy atom. The molecule has 148 valence electrons. The SMILES string of the molecule is CN(C)C(=O)N1CCn2nc(CNC(=O)[C@H]3Cc4ccccc4CN3)cc2C1. The summed E-state index contributed by atoms with van der Waals surface area (Å²) in [5.41, 5.74) is 4.30. The van der Waals surface area contributed by atoms with E-state index in [-0.39, 0.29) is 18.0 Å². The summed E-state index contributed by atoms with van der Waals surface area (Å²) in [5, 5.41) is 10.9. The zero-order valence-electron chi connectivity index (χ0n) is 16.3. The lowest BCUT2D eigenvalue weighted by Gasteiger charge is -2.29. The lowest BCUT2D eigenvalue weighted by molar-refractivity contribution is -0.123. The smallest absolute Gasteiger partial charge is 0.319 e. The zero-order valence-corrected chi connectivity index (χ0v) is 16.3. The number of hydrogen-bond donors (Lipinski definition) is 2. The Kier molecular flexibility index (Phi) is 5.04. The van der Waals surface area contributed by atoms with Crippen molar-refractivity contribution in [3.8, 4) is 0 Å². The first-order valence-corrected chi connectivity index (χ1v) is 9.61. The van der Waals surface area contributed by atoms with Crippen molar-refractivity contribution in [1.82, 2.24) is 30.2 Å². The maximum absolute atomic E-state index is 12.6. The molecule has 2 aromatic rings. The number of aromatic nitrogens is 2. The Bertz CT molecular complexity index is 891. The Labute approximate surface area is 164 Å². The van der Waals surface area contributed by atoms with E-state index in [1.54, 1.807) is 19.0 Å². The number of fused-ring (bicyclic) bond motifs is 2. The molecule has 0 bridgehead atoms. The Balaban J connectivity index is 1.34. The molecule has 1 aromatic carbocycles. The summed E-state index contributed by atoms with van der Waals surface area (Å²) in [5.74, 6) is -0.00936. The van der Waals surface area contributed by atoms with Gasteiger partial charge in [0.05, 0.1) is 37.1 Å². The number of carbonyl (C=O) groups excluding carboxylic acids is 2. The largest absolute Gasteiger partial charge is 0.349 e. The van der Waals surface area contributed by atoms with E-state index in [9.17, 15) is 9.59 Å². The summed E-state index contributed by atoms with van der Waals surface area (Å²) in [4.78, 5) is 28.1. The van der Waals surface area contributed by atoms with Crippen LogP contribution in [0.4, 0.5) is 4.79 Å². The summed E-state index contributed by atoms with van der Waals surface area (Å²) >= 11 is 0. The molecular formula is C20H26N6O2. The van der Waals surface area contributed by atoms with E-state index in [1.165, 1.54) is 11.1 Å². The van der Waals surface area contributed by atoms with Gasteiger partial charge in [-0.05, 0) is 23.6 Å². The molecule has 1 atom stereocenters. The third-order valence-corrected chi connectivity index (χ3v) is 5.34.